The van der Waals surface area contributed by atoms with Crippen molar-refractivity contribution in [2.24, 2.45) is 0 Å². The third kappa shape index (κ3) is 1.83. The number of aromatic nitrogens is 2. The summed E-state index contributed by atoms with van der Waals surface area (Å²) >= 11 is 0. The molecule has 2 heterocycles. The van der Waals surface area contributed by atoms with Gasteiger partial charge in [0.05, 0.1) is 19.3 Å². The Kier molecular flexibility index (Phi) is 2.51. The summed E-state index contributed by atoms with van der Waals surface area (Å²) in [7, 11) is 0. The molecule has 2 N–H and O–H groups in total. The van der Waals surface area contributed by atoms with Crippen molar-refractivity contribution in [1.82, 2.24) is 14.9 Å². The molecule has 7 nitrogen and oxygen atoms in total. The number of amides is 1. The van der Waals surface area contributed by atoms with Gasteiger partial charge < -0.3 is 19.7 Å². The van der Waals surface area contributed by atoms with E-state index in [9.17, 15) is 9.59 Å². The molecule has 16 heavy (non-hydrogen) atoms. The zero-order valence-electron chi connectivity index (χ0n) is 8.64. The minimum atomic E-state index is -1.04. The largest absolute Gasteiger partial charge is 0.477 e. The monoisotopic (exact) mass is 225 g/mol. The van der Waals surface area contributed by atoms with E-state index in [1.165, 1.54) is 10.8 Å². The quantitative estimate of drug-likeness (QED) is 0.755. The van der Waals surface area contributed by atoms with Gasteiger partial charge in [0.1, 0.15) is 17.6 Å². The Labute approximate surface area is 91.0 Å². The number of imidazole rings is 1. The molecule has 0 aliphatic carbocycles. The molecule has 0 aromatic carbocycles. The number of rotatable bonds is 3. The standard InChI is InChI=1S/C9H11N3O4/c1-5-10-3-7(8(13)14)12(5)4-6-2-11-9(15)16-6/h3,6H,2,4H2,1H3,(H,11,15)(H,13,14). The zero-order valence-corrected chi connectivity index (χ0v) is 8.64. The Morgan fingerprint density at radius 3 is 3.12 bits per heavy atom. The first kappa shape index (κ1) is 10.5. The van der Waals surface area contributed by atoms with Crippen LogP contribution in [-0.2, 0) is 11.3 Å². The molecule has 0 saturated carbocycles. The van der Waals surface area contributed by atoms with E-state index in [-0.39, 0.29) is 11.8 Å². The van der Waals surface area contributed by atoms with Gasteiger partial charge in [-0.3, -0.25) is 0 Å². The zero-order chi connectivity index (χ0) is 11.7. The average molecular weight is 225 g/mol. The number of nitrogens with zero attached hydrogens (tertiary/aromatic N) is 2. The summed E-state index contributed by atoms with van der Waals surface area (Å²) in [6.07, 6.45) is 0.472. The second-order valence-corrected chi connectivity index (χ2v) is 3.51. The molecular formula is C9H11N3O4. The highest BCUT2D eigenvalue weighted by molar-refractivity contribution is 5.85. The van der Waals surface area contributed by atoms with Gasteiger partial charge in [-0.15, -0.1) is 0 Å². The van der Waals surface area contributed by atoms with Crippen LogP contribution in [0.15, 0.2) is 6.20 Å². The van der Waals surface area contributed by atoms with Crippen LogP contribution in [0.4, 0.5) is 4.79 Å². The summed E-state index contributed by atoms with van der Waals surface area (Å²) in [5.41, 5.74) is 0.0976. The lowest BCUT2D eigenvalue weighted by atomic mass is 10.3. The number of carboxylic acid groups (broad SMARTS) is 1. The highest BCUT2D eigenvalue weighted by Gasteiger charge is 2.25. The number of carboxylic acids is 1. The highest BCUT2D eigenvalue weighted by Crippen LogP contribution is 2.10. The number of carbonyl (C=O) groups excluding carboxylic acids is 1. The Hall–Kier alpha value is -2.05. The van der Waals surface area contributed by atoms with Crippen molar-refractivity contribution in [1.29, 1.82) is 0 Å². The van der Waals surface area contributed by atoms with Crippen LogP contribution < -0.4 is 5.32 Å². The molecule has 0 radical (unpaired) electrons. The maximum absolute atomic E-state index is 10.9. The maximum atomic E-state index is 10.9. The molecular weight excluding hydrogens is 214 g/mol. The van der Waals surface area contributed by atoms with E-state index in [4.69, 9.17) is 9.84 Å². The Morgan fingerprint density at radius 2 is 2.56 bits per heavy atom. The molecule has 0 spiro atoms. The smallest absolute Gasteiger partial charge is 0.407 e. The lowest BCUT2D eigenvalue weighted by Gasteiger charge is -2.11. The molecule has 1 aromatic heterocycles. The first-order valence-electron chi connectivity index (χ1n) is 4.78. The fourth-order valence-electron chi connectivity index (χ4n) is 1.61. The van der Waals surface area contributed by atoms with E-state index in [1.807, 2.05) is 0 Å². The second kappa shape index (κ2) is 3.84. The molecule has 1 aliphatic heterocycles. The van der Waals surface area contributed by atoms with E-state index in [2.05, 4.69) is 10.3 Å². The van der Waals surface area contributed by atoms with Gasteiger partial charge in [0.15, 0.2) is 0 Å². The fourth-order valence-corrected chi connectivity index (χ4v) is 1.61. The molecule has 1 fully saturated rings. The molecule has 1 atom stereocenters. The van der Waals surface area contributed by atoms with Crippen molar-refractivity contribution in [2.45, 2.75) is 19.6 Å². The molecule has 1 saturated heterocycles. The van der Waals surface area contributed by atoms with E-state index >= 15 is 0 Å². The fraction of sp³-hybridized carbons (Fsp3) is 0.444. The van der Waals surface area contributed by atoms with Crippen molar-refractivity contribution in [2.75, 3.05) is 6.54 Å². The van der Waals surface area contributed by atoms with Gasteiger partial charge in [-0.1, -0.05) is 0 Å². The van der Waals surface area contributed by atoms with Gasteiger partial charge in [0.25, 0.3) is 0 Å². The number of hydrogen-bond acceptors (Lipinski definition) is 4. The summed E-state index contributed by atoms with van der Waals surface area (Å²) in [5.74, 6) is -0.460. The van der Waals surface area contributed by atoms with Crippen LogP contribution in [0.3, 0.4) is 0 Å². The van der Waals surface area contributed by atoms with Crippen LogP contribution in [0.25, 0.3) is 0 Å². The van der Waals surface area contributed by atoms with E-state index < -0.39 is 12.1 Å². The lowest BCUT2D eigenvalue weighted by molar-refractivity contribution is 0.0680. The number of aromatic carboxylic acids is 1. The van der Waals surface area contributed by atoms with Crippen LogP contribution >= 0.6 is 0 Å². The Bertz CT molecular complexity index is 440. The van der Waals surface area contributed by atoms with Crippen LogP contribution in [0.2, 0.25) is 0 Å². The first-order chi connectivity index (χ1) is 7.58. The molecule has 2 rings (SSSR count). The molecule has 1 unspecified atom stereocenters. The third-order valence-corrected chi connectivity index (χ3v) is 2.41. The summed E-state index contributed by atoms with van der Waals surface area (Å²) < 4.78 is 6.45. The van der Waals surface area contributed by atoms with Crippen LogP contribution in [-0.4, -0.2) is 39.4 Å². The maximum Gasteiger partial charge on any atom is 0.407 e. The Morgan fingerprint density at radius 1 is 1.81 bits per heavy atom. The number of nitrogens with one attached hydrogen (secondary N) is 1. The number of aryl methyl sites for hydroxylation is 1. The molecule has 0 bridgehead atoms. The van der Waals surface area contributed by atoms with Gasteiger partial charge in [-0.25, -0.2) is 14.6 Å². The van der Waals surface area contributed by atoms with Crippen molar-refractivity contribution < 1.29 is 19.4 Å². The minimum absolute atomic E-state index is 0.0976. The topological polar surface area (TPSA) is 93.5 Å². The molecule has 86 valence electrons. The van der Waals surface area contributed by atoms with Crippen LogP contribution in [0.1, 0.15) is 16.3 Å². The first-order valence-corrected chi connectivity index (χ1v) is 4.78. The van der Waals surface area contributed by atoms with Crippen LogP contribution in [0, 0.1) is 6.92 Å². The normalized spacial score (nSPS) is 19.3. The average Bonchev–Trinajstić information content (AvgIpc) is 2.76. The predicted octanol–water partition coefficient (Wildman–Crippen LogP) is -0.00188. The van der Waals surface area contributed by atoms with Crippen molar-refractivity contribution in [3.63, 3.8) is 0 Å². The third-order valence-electron chi connectivity index (χ3n) is 2.41. The summed E-state index contributed by atoms with van der Waals surface area (Å²) in [4.78, 5) is 25.6. The van der Waals surface area contributed by atoms with Gasteiger partial charge >= 0.3 is 12.1 Å². The number of alkyl carbamates (subject to hydrolysis) is 1. The van der Waals surface area contributed by atoms with Gasteiger partial charge in [0.2, 0.25) is 0 Å². The SMILES string of the molecule is Cc1ncc(C(=O)O)n1CC1CNC(=O)O1. The van der Waals surface area contributed by atoms with Gasteiger partial charge in [-0.2, -0.15) is 0 Å². The van der Waals surface area contributed by atoms with Gasteiger partial charge in [0, 0.05) is 0 Å². The second-order valence-electron chi connectivity index (χ2n) is 3.51. The number of carbonyl (C=O) groups is 2. The summed E-state index contributed by atoms with van der Waals surface area (Å²) in [6, 6.07) is 0. The number of cyclic esters (lactones) is 1. The van der Waals surface area contributed by atoms with Crippen molar-refractivity contribution in [3.05, 3.63) is 17.7 Å². The van der Waals surface area contributed by atoms with E-state index in [0.717, 1.165) is 0 Å². The van der Waals surface area contributed by atoms with E-state index in [0.29, 0.717) is 18.9 Å². The lowest BCUT2D eigenvalue weighted by Crippen LogP contribution is -2.23. The number of hydrogen-bond donors (Lipinski definition) is 2. The van der Waals surface area contributed by atoms with Crippen molar-refractivity contribution in [3.8, 4) is 0 Å². The molecule has 1 aromatic rings. The predicted molar refractivity (Wildman–Crippen MR) is 52.2 cm³/mol. The van der Waals surface area contributed by atoms with Crippen LogP contribution in [0.5, 0.6) is 0 Å². The minimum Gasteiger partial charge on any atom is -0.477 e. The van der Waals surface area contributed by atoms with E-state index in [1.54, 1.807) is 6.92 Å². The Balaban J connectivity index is 2.17. The van der Waals surface area contributed by atoms with Gasteiger partial charge in [-0.05, 0) is 6.92 Å². The summed E-state index contributed by atoms with van der Waals surface area (Å²) in [5, 5.41) is 11.4. The summed E-state index contributed by atoms with van der Waals surface area (Å²) in [6.45, 7) is 2.39. The number of ether oxygens (including phenoxy) is 1. The highest BCUT2D eigenvalue weighted by atomic mass is 16.6. The molecule has 7 heteroatoms. The molecule has 1 amide bonds. The molecule has 1 aliphatic rings. The van der Waals surface area contributed by atoms with Crippen molar-refractivity contribution >= 4 is 12.1 Å².